The van der Waals surface area contributed by atoms with Gasteiger partial charge in [-0.1, -0.05) is 33.6 Å². The average molecular weight is 354 g/mol. The summed E-state index contributed by atoms with van der Waals surface area (Å²) < 4.78 is 25.8. The van der Waals surface area contributed by atoms with Crippen LogP contribution in [0.25, 0.3) is 0 Å². The second-order valence-corrected chi connectivity index (χ2v) is 7.88. The van der Waals surface area contributed by atoms with E-state index in [1.165, 1.54) is 6.42 Å². The van der Waals surface area contributed by atoms with Crippen LogP contribution in [0.4, 0.5) is 0 Å². The number of aliphatic carboxylic acids is 1. The Balaban J connectivity index is 0. The fourth-order valence-electron chi connectivity index (χ4n) is 1.69. The summed E-state index contributed by atoms with van der Waals surface area (Å²) in [4.78, 5) is 10.2. The van der Waals surface area contributed by atoms with Crippen molar-refractivity contribution in [1.82, 2.24) is 0 Å². The summed E-state index contributed by atoms with van der Waals surface area (Å²) in [6.07, 6.45) is 4.53. The van der Waals surface area contributed by atoms with Crippen LogP contribution in [0.5, 0.6) is 0 Å². The summed E-state index contributed by atoms with van der Waals surface area (Å²) >= 11 is 0. The highest BCUT2D eigenvalue weighted by molar-refractivity contribution is 7.48. The van der Waals surface area contributed by atoms with Crippen LogP contribution >= 0.6 is 7.82 Å². The Morgan fingerprint density at radius 2 is 1.35 bits per heavy atom. The number of phosphoric ester groups is 1. The molecule has 0 aliphatic heterocycles. The summed E-state index contributed by atoms with van der Waals surface area (Å²) in [6, 6.07) is 0. The lowest BCUT2D eigenvalue weighted by molar-refractivity contribution is -0.137. The minimum absolute atomic E-state index is 0.324. The average Bonchev–Trinajstić information content (AvgIpc) is 2.38. The van der Waals surface area contributed by atoms with E-state index in [0.29, 0.717) is 31.7 Å². The lowest BCUT2D eigenvalue weighted by atomic mass is 9.89. The van der Waals surface area contributed by atoms with Crippen LogP contribution in [0.2, 0.25) is 0 Å². The molecule has 0 aliphatic carbocycles. The van der Waals surface area contributed by atoms with Crippen LogP contribution < -0.4 is 0 Å². The molecule has 0 saturated carbocycles. The van der Waals surface area contributed by atoms with Crippen molar-refractivity contribution in [2.75, 3.05) is 19.8 Å². The highest BCUT2D eigenvalue weighted by Crippen LogP contribution is 2.48. The van der Waals surface area contributed by atoms with Gasteiger partial charge in [0.05, 0.1) is 19.8 Å². The first kappa shape index (κ1) is 24.8. The van der Waals surface area contributed by atoms with Crippen LogP contribution in [0.15, 0.2) is 0 Å². The van der Waals surface area contributed by atoms with Gasteiger partial charge in [0.15, 0.2) is 0 Å². The Morgan fingerprint density at radius 1 is 0.913 bits per heavy atom. The van der Waals surface area contributed by atoms with Gasteiger partial charge in [0, 0.05) is 6.42 Å². The minimum Gasteiger partial charge on any atom is -0.481 e. The van der Waals surface area contributed by atoms with Crippen LogP contribution in [0.1, 0.15) is 73.6 Å². The predicted octanol–water partition coefficient (Wildman–Crippen LogP) is 5.27. The summed E-state index contributed by atoms with van der Waals surface area (Å²) in [7, 11) is -3.22. The lowest BCUT2D eigenvalue weighted by Gasteiger charge is -2.17. The molecule has 0 aromatic heterocycles. The first-order valence-electron chi connectivity index (χ1n) is 8.35. The number of carboxylic acids is 1. The zero-order valence-electron chi connectivity index (χ0n) is 15.6. The van der Waals surface area contributed by atoms with Gasteiger partial charge >= 0.3 is 13.8 Å². The van der Waals surface area contributed by atoms with Crippen LogP contribution in [-0.4, -0.2) is 30.9 Å². The Hall–Kier alpha value is -0.420. The topological polar surface area (TPSA) is 82.1 Å². The van der Waals surface area contributed by atoms with E-state index in [9.17, 15) is 9.36 Å². The van der Waals surface area contributed by atoms with Crippen molar-refractivity contribution in [2.24, 2.45) is 5.41 Å². The number of carbonyl (C=O) groups is 1. The molecule has 0 saturated heterocycles. The number of carboxylic acid groups (broad SMARTS) is 1. The van der Waals surface area contributed by atoms with Gasteiger partial charge < -0.3 is 5.11 Å². The molecule has 6 nitrogen and oxygen atoms in total. The number of hydrogen-bond acceptors (Lipinski definition) is 5. The Morgan fingerprint density at radius 3 is 1.65 bits per heavy atom. The molecular weight excluding hydrogens is 319 g/mol. The quantitative estimate of drug-likeness (QED) is 0.402. The number of unbranched alkanes of at least 4 members (excludes halogenated alkanes) is 2. The molecule has 23 heavy (non-hydrogen) atoms. The maximum absolute atomic E-state index is 11.3. The van der Waals surface area contributed by atoms with Gasteiger partial charge in [-0.05, 0) is 39.0 Å². The summed E-state index contributed by atoms with van der Waals surface area (Å²) in [5, 5.41) is 8.37. The molecule has 0 fully saturated rings. The molecule has 140 valence electrons. The summed E-state index contributed by atoms with van der Waals surface area (Å²) in [6.45, 7) is 12.9. The maximum Gasteiger partial charge on any atom is 0.474 e. The molecule has 0 radical (unpaired) electrons. The number of hydrogen-bond donors (Lipinski definition) is 1. The third-order valence-electron chi connectivity index (χ3n) is 2.68. The lowest BCUT2D eigenvalue weighted by Crippen LogP contribution is -2.04. The van der Waals surface area contributed by atoms with Gasteiger partial charge in [-0.3, -0.25) is 18.4 Å². The number of phosphoric acid groups is 1. The molecule has 1 N–H and O–H groups in total. The van der Waals surface area contributed by atoms with Crippen molar-refractivity contribution < 1.29 is 28.0 Å². The SMILES string of the molecule is CC(C)(C)CCCCCC(=O)O.CCOP(=O)(OCC)OCC. The van der Waals surface area contributed by atoms with Gasteiger partial charge in [0.1, 0.15) is 0 Å². The molecule has 0 amide bonds. The second kappa shape index (κ2) is 14.0. The molecule has 0 atom stereocenters. The molecule has 0 unspecified atom stereocenters. The van der Waals surface area contributed by atoms with Crippen molar-refractivity contribution in [2.45, 2.75) is 73.6 Å². The third-order valence-corrected chi connectivity index (χ3v) is 4.40. The summed E-state index contributed by atoms with van der Waals surface area (Å²) in [5.74, 6) is -0.675. The van der Waals surface area contributed by atoms with Gasteiger partial charge in [-0.25, -0.2) is 4.57 Å². The fraction of sp³-hybridized carbons (Fsp3) is 0.938. The highest BCUT2D eigenvalue weighted by Gasteiger charge is 2.23. The van der Waals surface area contributed by atoms with E-state index in [4.69, 9.17) is 18.7 Å². The smallest absolute Gasteiger partial charge is 0.474 e. The highest BCUT2D eigenvalue weighted by atomic mass is 31.2. The van der Waals surface area contributed by atoms with Crippen molar-refractivity contribution in [3.63, 3.8) is 0 Å². The molecule has 0 bridgehead atoms. The van der Waals surface area contributed by atoms with E-state index in [2.05, 4.69) is 20.8 Å². The van der Waals surface area contributed by atoms with Gasteiger partial charge in [-0.15, -0.1) is 0 Å². The van der Waals surface area contributed by atoms with Crippen molar-refractivity contribution in [3.8, 4) is 0 Å². The first-order valence-corrected chi connectivity index (χ1v) is 9.81. The Kier molecular flexibility index (Phi) is 15.1. The predicted molar refractivity (Wildman–Crippen MR) is 92.7 cm³/mol. The van der Waals surface area contributed by atoms with E-state index in [0.717, 1.165) is 19.3 Å². The molecule has 0 rings (SSSR count). The van der Waals surface area contributed by atoms with Gasteiger partial charge in [0.2, 0.25) is 0 Å². The van der Waals surface area contributed by atoms with Crippen molar-refractivity contribution in [1.29, 1.82) is 0 Å². The monoisotopic (exact) mass is 354 g/mol. The normalized spacial score (nSPS) is 11.7. The minimum atomic E-state index is -3.22. The molecular formula is C16H35O6P. The largest absolute Gasteiger partial charge is 0.481 e. The number of rotatable bonds is 11. The van der Waals surface area contributed by atoms with Gasteiger partial charge in [-0.2, -0.15) is 0 Å². The summed E-state index contributed by atoms with van der Waals surface area (Å²) in [5.41, 5.74) is 0.392. The molecule has 0 aromatic rings. The third kappa shape index (κ3) is 19.5. The van der Waals surface area contributed by atoms with E-state index in [1.54, 1.807) is 20.8 Å². The second-order valence-electron chi connectivity index (χ2n) is 6.22. The Labute approximate surface area is 141 Å². The van der Waals surface area contributed by atoms with Crippen LogP contribution in [0, 0.1) is 5.41 Å². The van der Waals surface area contributed by atoms with E-state index >= 15 is 0 Å². The fourth-order valence-corrected chi connectivity index (χ4v) is 2.87. The van der Waals surface area contributed by atoms with E-state index < -0.39 is 13.8 Å². The molecule has 0 spiro atoms. The first-order chi connectivity index (χ1) is 10.6. The zero-order chi connectivity index (χ0) is 18.4. The van der Waals surface area contributed by atoms with Crippen LogP contribution in [-0.2, 0) is 22.9 Å². The zero-order valence-corrected chi connectivity index (χ0v) is 16.5. The molecule has 7 heteroatoms. The molecule has 0 aromatic carbocycles. The van der Waals surface area contributed by atoms with E-state index in [-0.39, 0.29) is 0 Å². The Bertz CT molecular complexity index is 314. The molecule has 0 heterocycles. The van der Waals surface area contributed by atoms with Crippen LogP contribution in [0.3, 0.4) is 0 Å². The van der Waals surface area contributed by atoms with Gasteiger partial charge in [0.25, 0.3) is 0 Å². The maximum atomic E-state index is 11.3. The van der Waals surface area contributed by atoms with E-state index in [1.807, 2.05) is 0 Å². The standard InChI is InChI=1S/C10H20O2.C6H15O4P/c1-10(2,3)8-6-4-5-7-9(11)12;1-4-8-11(7,9-5-2)10-6-3/h4-8H2,1-3H3,(H,11,12);4-6H2,1-3H3. The van der Waals surface area contributed by atoms with Crippen molar-refractivity contribution in [3.05, 3.63) is 0 Å². The van der Waals surface area contributed by atoms with Crippen molar-refractivity contribution >= 4 is 13.8 Å². The molecule has 0 aliphatic rings.